The highest BCUT2D eigenvalue weighted by Crippen LogP contribution is 2.21. The Labute approximate surface area is 106 Å². The summed E-state index contributed by atoms with van der Waals surface area (Å²) < 4.78 is 18.3. The molecule has 3 N–H and O–H groups in total. The molecule has 0 bridgehead atoms. The molecule has 2 atom stereocenters. The summed E-state index contributed by atoms with van der Waals surface area (Å²) in [5.41, 5.74) is 6.28. The van der Waals surface area contributed by atoms with Gasteiger partial charge in [0.25, 0.3) is 0 Å². The minimum Gasteiger partial charge on any atom is -0.494 e. The molecule has 4 nitrogen and oxygen atoms in total. The van der Waals surface area contributed by atoms with Crippen LogP contribution in [0.5, 0.6) is 5.75 Å². The number of rotatable bonds is 5. The topological polar surface area (TPSA) is 64.4 Å². The van der Waals surface area contributed by atoms with Crippen LogP contribution in [0.3, 0.4) is 0 Å². The van der Waals surface area contributed by atoms with Gasteiger partial charge in [0.05, 0.1) is 19.2 Å². The Kier molecular flexibility index (Phi) is 5.09. The van der Waals surface area contributed by atoms with E-state index in [0.717, 1.165) is 0 Å². The van der Waals surface area contributed by atoms with Crippen molar-refractivity contribution in [2.45, 2.75) is 32.4 Å². The van der Waals surface area contributed by atoms with Crippen LogP contribution >= 0.6 is 0 Å². The first-order valence-corrected chi connectivity index (χ1v) is 5.89. The highest BCUT2D eigenvalue weighted by molar-refractivity contribution is 5.81. The first-order chi connectivity index (χ1) is 8.49. The van der Waals surface area contributed by atoms with Crippen molar-refractivity contribution in [2.75, 3.05) is 7.11 Å². The summed E-state index contributed by atoms with van der Waals surface area (Å²) in [6.07, 6.45) is 0.565. The summed E-state index contributed by atoms with van der Waals surface area (Å²) in [6, 6.07) is 3.77. The molecule has 100 valence electrons. The zero-order valence-corrected chi connectivity index (χ0v) is 10.9. The molecular formula is C13H19FN2O2. The van der Waals surface area contributed by atoms with Gasteiger partial charge < -0.3 is 15.8 Å². The van der Waals surface area contributed by atoms with Crippen LogP contribution < -0.4 is 15.8 Å². The molecule has 0 aliphatic carbocycles. The van der Waals surface area contributed by atoms with Gasteiger partial charge in [0.15, 0.2) is 11.6 Å². The van der Waals surface area contributed by atoms with Crippen molar-refractivity contribution in [3.05, 3.63) is 29.6 Å². The molecule has 1 rings (SSSR count). The van der Waals surface area contributed by atoms with Gasteiger partial charge in [-0.3, -0.25) is 4.79 Å². The quantitative estimate of drug-likeness (QED) is 0.841. The maximum Gasteiger partial charge on any atom is 0.237 e. The van der Waals surface area contributed by atoms with E-state index in [0.29, 0.717) is 12.0 Å². The number of amides is 1. The van der Waals surface area contributed by atoms with Crippen LogP contribution in [-0.2, 0) is 4.79 Å². The van der Waals surface area contributed by atoms with Crippen LogP contribution in [0.2, 0.25) is 0 Å². The van der Waals surface area contributed by atoms with Gasteiger partial charge in [0.2, 0.25) is 5.91 Å². The smallest absolute Gasteiger partial charge is 0.237 e. The van der Waals surface area contributed by atoms with Crippen LogP contribution in [0.25, 0.3) is 0 Å². The minimum atomic E-state index is -0.532. The summed E-state index contributed by atoms with van der Waals surface area (Å²) in [4.78, 5) is 11.6. The lowest BCUT2D eigenvalue weighted by atomic mass is 10.1. The molecule has 0 aliphatic rings. The van der Waals surface area contributed by atoms with Crippen LogP contribution in [-0.4, -0.2) is 19.1 Å². The third kappa shape index (κ3) is 3.43. The molecule has 0 saturated heterocycles. The van der Waals surface area contributed by atoms with Crippen LogP contribution in [0, 0.1) is 5.82 Å². The average Bonchev–Trinajstić information content (AvgIpc) is 2.37. The maximum absolute atomic E-state index is 13.5. The molecule has 1 amide bonds. The first kappa shape index (κ1) is 14.4. The van der Waals surface area contributed by atoms with Crippen molar-refractivity contribution in [1.29, 1.82) is 0 Å². The second kappa shape index (κ2) is 6.35. The van der Waals surface area contributed by atoms with Crippen molar-refractivity contribution in [3.8, 4) is 5.75 Å². The fourth-order valence-electron chi connectivity index (χ4n) is 1.54. The molecule has 0 fully saturated rings. The Hall–Kier alpha value is -1.62. The predicted octanol–water partition coefficient (Wildman–Crippen LogP) is 1.75. The van der Waals surface area contributed by atoms with Gasteiger partial charge in [-0.15, -0.1) is 0 Å². The van der Waals surface area contributed by atoms with Gasteiger partial charge in [0, 0.05) is 0 Å². The largest absolute Gasteiger partial charge is 0.494 e. The van der Waals surface area contributed by atoms with E-state index in [1.165, 1.54) is 19.2 Å². The fraction of sp³-hybridized carbons (Fsp3) is 0.462. The number of carbonyl (C=O) groups is 1. The molecule has 2 unspecified atom stereocenters. The normalized spacial score (nSPS) is 13.8. The molecule has 0 saturated carbocycles. The lowest BCUT2D eigenvalue weighted by Gasteiger charge is -2.17. The predicted molar refractivity (Wildman–Crippen MR) is 67.8 cm³/mol. The summed E-state index contributed by atoms with van der Waals surface area (Å²) in [6.45, 7) is 3.61. The lowest BCUT2D eigenvalue weighted by Crippen LogP contribution is -2.41. The van der Waals surface area contributed by atoms with E-state index in [4.69, 9.17) is 10.5 Å². The standard InChI is InChI=1S/C13H19FN2O2/c1-4-11(15)13(17)16-8(2)9-5-6-12(18-3)10(14)7-9/h5-8,11H,4,15H2,1-3H3,(H,16,17). The number of methoxy groups -OCH3 is 1. The van der Waals surface area contributed by atoms with E-state index in [9.17, 15) is 9.18 Å². The van der Waals surface area contributed by atoms with Crippen molar-refractivity contribution in [1.82, 2.24) is 5.32 Å². The number of carbonyl (C=O) groups excluding carboxylic acids is 1. The molecule has 0 radical (unpaired) electrons. The number of hydrogen-bond acceptors (Lipinski definition) is 3. The molecule has 18 heavy (non-hydrogen) atoms. The summed E-state index contributed by atoms with van der Waals surface area (Å²) in [5, 5.41) is 2.74. The molecule has 0 aromatic heterocycles. The molecule has 0 heterocycles. The van der Waals surface area contributed by atoms with E-state index in [-0.39, 0.29) is 17.7 Å². The summed E-state index contributed by atoms with van der Waals surface area (Å²) >= 11 is 0. The second-order valence-corrected chi connectivity index (χ2v) is 4.14. The Morgan fingerprint density at radius 3 is 2.72 bits per heavy atom. The fourth-order valence-corrected chi connectivity index (χ4v) is 1.54. The van der Waals surface area contributed by atoms with E-state index in [2.05, 4.69) is 5.32 Å². The third-order valence-electron chi connectivity index (χ3n) is 2.81. The monoisotopic (exact) mass is 254 g/mol. The van der Waals surface area contributed by atoms with Gasteiger partial charge in [-0.2, -0.15) is 0 Å². The zero-order chi connectivity index (χ0) is 13.7. The third-order valence-corrected chi connectivity index (χ3v) is 2.81. The number of nitrogens with one attached hydrogen (secondary N) is 1. The molecule has 0 spiro atoms. The Balaban J connectivity index is 2.75. The number of nitrogens with two attached hydrogens (primary N) is 1. The van der Waals surface area contributed by atoms with Crippen molar-refractivity contribution in [2.24, 2.45) is 5.73 Å². The lowest BCUT2D eigenvalue weighted by molar-refractivity contribution is -0.123. The summed E-state index contributed by atoms with van der Waals surface area (Å²) in [5.74, 6) is -0.500. The summed E-state index contributed by atoms with van der Waals surface area (Å²) in [7, 11) is 1.41. The SMILES string of the molecule is CCC(N)C(=O)NC(C)c1ccc(OC)c(F)c1. The van der Waals surface area contributed by atoms with Crippen LogP contribution in [0.4, 0.5) is 4.39 Å². The highest BCUT2D eigenvalue weighted by Gasteiger charge is 2.16. The Morgan fingerprint density at radius 2 is 2.22 bits per heavy atom. The van der Waals surface area contributed by atoms with E-state index >= 15 is 0 Å². The van der Waals surface area contributed by atoms with Crippen molar-refractivity contribution >= 4 is 5.91 Å². The molecule has 0 aliphatic heterocycles. The van der Waals surface area contributed by atoms with E-state index < -0.39 is 11.9 Å². The second-order valence-electron chi connectivity index (χ2n) is 4.14. The van der Waals surface area contributed by atoms with Gasteiger partial charge in [-0.25, -0.2) is 4.39 Å². The molecule has 1 aromatic carbocycles. The molecule has 1 aromatic rings. The average molecular weight is 254 g/mol. The molecule has 5 heteroatoms. The van der Waals surface area contributed by atoms with Gasteiger partial charge in [-0.05, 0) is 31.0 Å². The Bertz CT molecular complexity index is 423. The van der Waals surface area contributed by atoms with Crippen molar-refractivity contribution in [3.63, 3.8) is 0 Å². The Morgan fingerprint density at radius 1 is 1.56 bits per heavy atom. The number of benzene rings is 1. The number of ether oxygens (including phenoxy) is 1. The zero-order valence-electron chi connectivity index (χ0n) is 10.9. The minimum absolute atomic E-state index is 0.183. The first-order valence-electron chi connectivity index (χ1n) is 5.89. The van der Waals surface area contributed by atoms with Crippen LogP contribution in [0.1, 0.15) is 31.9 Å². The number of halogens is 1. The molecular weight excluding hydrogens is 235 g/mol. The maximum atomic E-state index is 13.5. The van der Waals surface area contributed by atoms with Crippen molar-refractivity contribution < 1.29 is 13.9 Å². The van der Waals surface area contributed by atoms with Crippen LogP contribution in [0.15, 0.2) is 18.2 Å². The van der Waals surface area contributed by atoms with Gasteiger partial charge in [-0.1, -0.05) is 13.0 Å². The van der Waals surface area contributed by atoms with Gasteiger partial charge >= 0.3 is 0 Å². The van der Waals surface area contributed by atoms with E-state index in [1.807, 2.05) is 6.92 Å². The van der Waals surface area contributed by atoms with E-state index in [1.54, 1.807) is 13.0 Å². The highest BCUT2D eigenvalue weighted by atomic mass is 19.1. The number of hydrogen-bond donors (Lipinski definition) is 2. The van der Waals surface area contributed by atoms with Gasteiger partial charge in [0.1, 0.15) is 0 Å².